The van der Waals surface area contributed by atoms with Gasteiger partial charge in [-0.1, -0.05) is 54.6 Å². The van der Waals surface area contributed by atoms with Crippen LogP contribution in [0.5, 0.6) is 0 Å². The molecule has 21 heavy (non-hydrogen) atoms. The Labute approximate surface area is 124 Å². The minimum absolute atomic E-state index is 0.520. The van der Waals surface area contributed by atoms with Crippen molar-refractivity contribution in [2.24, 2.45) is 0 Å². The fourth-order valence-corrected chi connectivity index (χ4v) is 3.61. The number of nitrogens with zero attached hydrogens (tertiary/aromatic N) is 1. The van der Waals surface area contributed by atoms with Gasteiger partial charge in [0.2, 0.25) is 0 Å². The molecular weight excluding hydrogens is 256 g/mol. The van der Waals surface area contributed by atoms with E-state index in [9.17, 15) is 0 Å². The molecule has 0 saturated heterocycles. The summed E-state index contributed by atoms with van der Waals surface area (Å²) in [4.78, 5) is 7.50. The first-order valence-electron chi connectivity index (χ1n) is 7.52. The lowest BCUT2D eigenvalue weighted by atomic mass is 9.84. The van der Waals surface area contributed by atoms with Gasteiger partial charge in [-0.3, -0.25) is 0 Å². The fourth-order valence-electron chi connectivity index (χ4n) is 3.61. The monoisotopic (exact) mass is 274 g/mol. The first-order valence-corrected chi connectivity index (χ1v) is 7.52. The summed E-state index contributed by atoms with van der Waals surface area (Å²) < 4.78 is 0. The van der Waals surface area contributed by atoms with Crippen molar-refractivity contribution < 1.29 is 0 Å². The van der Waals surface area contributed by atoms with E-state index in [-0.39, 0.29) is 0 Å². The molecule has 0 saturated carbocycles. The molecule has 2 atom stereocenters. The van der Waals surface area contributed by atoms with E-state index >= 15 is 0 Å². The topological polar surface area (TPSA) is 28.7 Å². The van der Waals surface area contributed by atoms with Crippen molar-refractivity contribution in [1.29, 1.82) is 0 Å². The summed E-state index contributed by atoms with van der Waals surface area (Å²) >= 11 is 0. The maximum atomic E-state index is 4.43. The average molecular weight is 274 g/mol. The number of hydrogen-bond acceptors (Lipinski definition) is 1. The highest BCUT2D eigenvalue weighted by Gasteiger charge is 2.33. The molecule has 1 heterocycles. The van der Waals surface area contributed by atoms with Crippen LogP contribution in [0.2, 0.25) is 0 Å². The van der Waals surface area contributed by atoms with E-state index in [1.165, 1.54) is 16.7 Å². The molecule has 1 N–H and O–H groups in total. The Balaban J connectivity index is 1.73. The number of imidazole rings is 1. The van der Waals surface area contributed by atoms with E-state index < -0.39 is 0 Å². The van der Waals surface area contributed by atoms with E-state index in [4.69, 9.17) is 0 Å². The van der Waals surface area contributed by atoms with Gasteiger partial charge in [0.05, 0.1) is 12.0 Å². The van der Waals surface area contributed by atoms with Gasteiger partial charge in [0.1, 0.15) is 0 Å². The molecule has 0 amide bonds. The van der Waals surface area contributed by atoms with Gasteiger partial charge >= 0.3 is 0 Å². The molecule has 2 unspecified atom stereocenters. The second-order valence-corrected chi connectivity index (χ2v) is 5.79. The molecule has 1 aliphatic rings. The molecular formula is C19H18N2. The molecule has 3 aromatic rings. The summed E-state index contributed by atoms with van der Waals surface area (Å²) in [7, 11) is 0. The second kappa shape index (κ2) is 5.21. The lowest BCUT2D eigenvalue weighted by molar-refractivity contribution is 0.573. The molecule has 2 aromatic carbocycles. The lowest BCUT2D eigenvalue weighted by Crippen LogP contribution is -2.09. The number of nitrogens with one attached hydrogen (secondary N) is 1. The number of aromatic amines is 1. The molecule has 4 rings (SSSR count). The Bertz CT molecular complexity index is 716. The van der Waals surface area contributed by atoms with E-state index in [0.717, 1.165) is 18.5 Å². The van der Waals surface area contributed by atoms with E-state index in [0.29, 0.717) is 11.8 Å². The van der Waals surface area contributed by atoms with Crippen molar-refractivity contribution >= 4 is 0 Å². The Kier molecular flexibility index (Phi) is 3.07. The zero-order valence-corrected chi connectivity index (χ0v) is 11.9. The minimum Gasteiger partial charge on any atom is -0.351 e. The number of hydrogen-bond donors (Lipinski definition) is 1. The fraction of sp³-hybridized carbons (Fsp3) is 0.211. The van der Waals surface area contributed by atoms with Crippen molar-refractivity contribution in [3.05, 3.63) is 89.5 Å². The Morgan fingerprint density at radius 2 is 1.81 bits per heavy atom. The number of aromatic nitrogens is 2. The van der Waals surface area contributed by atoms with Crippen LogP contribution in [0.4, 0.5) is 0 Å². The predicted octanol–water partition coefficient (Wildman–Crippen LogP) is 4.08. The van der Waals surface area contributed by atoms with Crippen molar-refractivity contribution in [2.75, 3.05) is 0 Å². The third kappa shape index (κ3) is 2.27. The van der Waals surface area contributed by atoms with Crippen molar-refractivity contribution in [3.63, 3.8) is 0 Å². The highest BCUT2D eigenvalue weighted by Crippen LogP contribution is 2.45. The SMILES string of the molecule is c1ccc(C2Cc3ccccc3C2Cc2c[nH]cn2)cc1. The maximum Gasteiger partial charge on any atom is 0.0923 e. The summed E-state index contributed by atoms with van der Waals surface area (Å²) in [5.41, 5.74) is 5.58. The van der Waals surface area contributed by atoms with Gasteiger partial charge in [-0.2, -0.15) is 0 Å². The highest BCUT2D eigenvalue weighted by molar-refractivity contribution is 5.42. The molecule has 0 spiro atoms. The van der Waals surface area contributed by atoms with Gasteiger partial charge in [-0.25, -0.2) is 4.98 Å². The summed E-state index contributed by atoms with van der Waals surface area (Å²) in [6, 6.07) is 19.8. The molecule has 2 nitrogen and oxygen atoms in total. The third-order valence-corrected chi connectivity index (χ3v) is 4.59. The van der Waals surface area contributed by atoms with Crippen molar-refractivity contribution in [3.8, 4) is 0 Å². The molecule has 2 heteroatoms. The van der Waals surface area contributed by atoms with Crippen LogP contribution in [0, 0.1) is 0 Å². The van der Waals surface area contributed by atoms with E-state index in [2.05, 4.69) is 64.6 Å². The number of benzene rings is 2. The van der Waals surface area contributed by atoms with E-state index in [1.807, 2.05) is 6.20 Å². The molecule has 1 aromatic heterocycles. The predicted molar refractivity (Wildman–Crippen MR) is 84.4 cm³/mol. The second-order valence-electron chi connectivity index (χ2n) is 5.79. The molecule has 0 fully saturated rings. The lowest BCUT2D eigenvalue weighted by Gasteiger charge is -2.20. The average Bonchev–Trinajstić information content (AvgIpc) is 3.17. The van der Waals surface area contributed by atoms with Crippen LogP contribution in [0.1, 0.15) is 34.2 Å². The van der Waals surface area contributed by atoms with Gasteiger partial charge in [-0.05, 0) is 41.4 Å². The highest BCUT2D eigenvalue weighted by atomic mass is 14.9. The van der Waals surface area contributed by atoms with Crippen LogP contribution in [-0.2, 0) is 12.8 Å². The summed E-state index contributed by atoms with van der Waals surface area (Å²) in [5.74, 6) is 1.08. The van der Waals surface area contributed by atoms with Gasteiger partial charge in [-0.15, -0.1) is 0 Å². The molecule has 1 aliphatic carbocycles. The Morgan fingerprint density at radius 1 is 1.00 bits per heavy atom. The first kappa shape index (κ1) is 12.4. The molecule has 0 bridgehead atoms. The molecule has 0 radical (unpaired) electrons. The third-order valence-electron chi connectivity index (χ3n) is 4.59. The minimum atomic E-state index is 0.520. The van der Waals surface area contributed by atoms with E-state index in [1.54, 1.807) is 6.33 Å². The first-order chi connectivity index (χ1) is 10.4. The van der Waals surface area contributed by atoms with Crippen molar-refractivity contribution in [1.82, 2.24) is 9.97 Å². The number of rotatable bonds is 3. The van der Waals surface area contributed by atoms with Crippen LogP contribution in [0.3, 0.4) is 0 Å². The molecule has 0 aliphatic heterocycles. The van der Waals surface area contributed by atoms with Gasteiger partial charge < -0.3 is 4.98 Å². The standard InChI is InChI=1S/C19H18N2/c1-2-6-14(7-3-1)18-10-15-8-4-5-9-17(15)19(18)11-16-12-20-13-21-16/h1-9,12-13,18-19H,10-11H2,(H,20,21). The largest absolute Gasteiger partial charge is 0.351 e. The smallest absolute Gasteiger partial charge is 0.0923 e. The van der Waals surface area contributed by atoms with Gasteiger partial charge in [0.15, 0.2) is 0 Å². The summed E-state index contributed by atoms with van der Waals surface area (Å²) in [6.07, 6.45) is 5.92. The summed E-state index contributed by atoms with van der Waals surface area (Å²) in [5, 5.41) is 0. The van der Waals surface area contributed by atoms with Crippen LogP contribution in [0.25, 0.3) is 0 Å². The number of fused-ring (bicyclic) bond motifs is 1. The Morgan fingerprint density at radius 3 is 2.62 bits per heavy atom. The van der Waals surface area contributed by atoms with Crippen LogP contribution < -0.4 is 0 Å². The normalized spacial score (nSPS) is 20.4. The van der Waals surface area contributed by atoms with Gasteiger partial charge in [0.25, 0.3) is 0 Å². The van der Waals surface area contributed by atoms with Gasteiger partial charge in [0, 0.05) is 6.20 Å². The van der Waals surface area contributed by atoms with Crippen molar-refractivity contribution in [2.45, 2.75) is 24.7 Å². The quantitative estimate of drug-likeness (QED) is 0.766. The molecule has 104 valence electrons. The number of H-pyrrole nitrogens is 1. The zero-order chi connectivity index (χ0) is 14.1. The van der Waals surface area contributed by atoms with Crippen LogP contribution >= 0.6 is 0 Å². The maximum absolute atomic E-state index is 4.43. The van der Waals surface area contributed by atoms with Crippen LogP contribution in [0.15, 0.2) is 67.1 Å². The Hall–Kier alpha value is -2.35. The zero-order valence-electron chi connectivity index (χ0n) is 11.9. The summed E-state index contributed by atoms with van der Waals surface area (Å²) in [6.45, 7) is 0. The van der Waals surface area contributed by atoms with Crippen LogP contribution in [-0.4, -0.2) is 9.97 Å².